The number of carbonyl (C=O) groups is 1. The van der Waals surface area contributed by atoms with Gasteiger partial charge in [-0.2, -0.15) is 13.2 Å². The first kappa shape index (κ1) is 20.0. The summed E-state index contributed by atoms with van der Waals surface area (Å²) in [5.74, 6) is -0.872. The first-order chi connectivity index (χ1) is 12.9. The Kier molecular flexibility index (Phi) is 7.43. The second-order valence-corrected chi connectivity index (χ2v) is 5.56. The lowest BCUT2D eigenvalue weighted by Crippen LogP contribution is -1.99. The van der Waals surface area contributed by atoms with E-state index in [1.807, 2.05) is 36.4 Å². The van der Waals surface area contributed by atoms with Gasteiger partial charge in [-0.1, -0.05) is 60.7 Å². The number of aliphatic carboxylic acids is 1. The molecule has 0 fully saturated rings. The highest BCUT2D eigenvalue weighted by Crippen LogP contribution is 2.19. The minimum Gasteiger partial charge on any atom is -0.481 e. The molecule has 3 nitrogen and oxygen atoms in total. The number of allylic oxidation sites excluding steroid dienone is 2. The number of rotatable bonds is 8. The van der Waals surface area contributed by atoms with Gasteiger partial charge < -0.3 is 9.84 Å². The van der Waals surface area contributed by atoms with E-state index in [9.17, 15) is 18.0 Å². The van der Waals surface area contributed by atoms with Crippen molar-refractivity contribution in [1.82, 2.24) is 0 Å². The van der Waals surface area contributed by atoms with E-state index in [0.717, 1.165) is 16.7 Å². The van der Waals surface area contributed by atoms with Crippen LogP contribution in [-0.2, 0) is 11.2 Å². The summed E-state index contributed by atoms with van der Waals surface area (Å²) in [6.07, 6.45) is 5.79. The maximum atomic E-state index is 12.7. The molecule has 0 amide bonds. The predicted molar refractivity (Wildman–Crippen MR) is 97.9 cm³/mol. The molecule has 1 N–H and O–H groups in total. The van der Waals surface area contributed by atoms with Gasteiger partial charge >= 0.3 is 18.1 Å². The van der Waals surface area contributed by atoms with E-state index in [1.54, 1.807) is 24.3 Å². The largest absolute Gasteiger partial charge is 0.481 e. The van der Waals surface area contributed by atoms with Crippen LogP contribution in [0.3, 0.4) is 0 Å². The molecule has 0 heterocycles. The Bertz CT molecular complexity index is 847. The highest BCUT2D eigenvalue weighted by Gasteiger charge is 2.07. The molecule has 2 aromatic rings. The Hall–Kier alpha value is -3.28. The topological polar surface area (TPSA) is 46.5 Å². The Balaban J connectivity index is 1.84. The van der Waals surface area contributed by atoms with Gasteiger partial charge in [-0.05, 0) is 35.2 Å². The molecule has 0 radical (unpaired) electrons. The summed E-state index contributed by atoms with van der Waals surface area (Å²) in [4.78, 5) is 10.6. The molecular formula is C21H17F3O3. The predicted octanol–water partition coefficient (Wildman–Crippen LogP) is 5.84. The zero-order valence-corrected chi connectivity index (χ0v) is 14.2. The summed E-state index contributed by atoms with van der Waals surface area (Å²) < 4.78 is 41.0. The molecule has 0 atom stereocenters. The molecule has 2 aromatic carbocycles. The van der Waals surface area contributed by atoms with Crippen molar-refractivity contribution in [3.05, 3.63) is 89.5 Å². The Morgan fingerprint density at radius 3 is 1.89 bits per heavy atom. The van der Waals surface area contributed by atoms with Crippen molar-refractivity contribution in [3.63, 3.8) is 0 Å². The summed E-state index contributed by atoms with van der Waals surface area (Å²) in [6.45, 7) is 0. The van der Waals surface area contributed by atoms with E-state index < -0.39 is 18.1 Å². The SMILES string of the molecule is O=C(O)Cc1ccc(C=CCC=Cc2ccc(OC(F)=C(F)F)cc2)cc1. The number of benzene rings is 2. The second kappa shape index (κ2) is 10.0. The van der Waals surface area contributed by atoms with Crippen LogP contribution in [0, 0.1) is 0 Å². The van der Waals surface area contributed by atoms with Gasteiger partial charge in [0.25, 0.3) is 0 Å². The average molecular weight is 374 g/mol. The maximum Gasteiger partial charge on any atom is 0.344 e. The molecule has 0 aliphatic carbocycles. The standard InChI is InChI=1S/C21H17F3O3/c22-20(23)21(24)27-18-12-10-16(11-13-18)5-3-1-2-4-15-6-8-17(9-7-15)14-19(25)26/h2-13H,1,14H2,(H,25,26). The van der Waals surface area contributed by atoms with E-state index in [-0.39, 0.29) is 12.2 Å². The summed E-state index contributed by atoms with van der Waals surface area (Å²) in [5.41, 5.74) is 2.53. The van der Waals surface area contributed by atoms with Gasteiger partial charge in [0.1, 0.15) is 5.75 Å². The highest BCUT2D eigenvalue weighted by molar-refractivity contribution is 5.70. The van der Waals surface area contributed by atoms with Crippen LogP contribution in [0.2, 0.25) is 0 Å². The monoisotopic (exact) mass is 374 g/mol. The van der Waals surface area contributed by atoms with Crippen molar-refractivity contribution < 1.29 is 27.8 Å². The van der Waals surface area contributed by atoms with Crippen molar-refractivity contribution in [3.8, 4) is 5.75 Å². The number of halogens is 3. The molecule has 0 aliphatic heterocycles. The van der Waals surface area contributed by atoms with Crippen LogP contribution in [0.25, 0.3) is 12.2 Å². The zero-order chi connectivity index (χ0) is 19.6. The first-order valence-corrected chi connectivity index (χ1v) is 8.06. The van der Waals surface area contributed by atoms with Crippen molar-refractivity contribution in [2.45, 2.75) is 12.8 Å². The van der Waals surface area contributed by atoms with Gasteiger partial charge in [0.05, 0.1) is 6.42 Å². The molecule has 0 saturated carbocycles. The van der Waals surface area contributed by atoms with Crippen LogP contribution in [0.5, 0.6) is 5.75 Å². The highest BCUT2D eigenvalue weighted by atomic mass is 19.3. The van der Waals surface area contributed by atoms with Crippen molar-refractivity contribution >= 4 is 18.1 Å². The maximum absolute atomic E-state index is 12.7. The van der Waals surface area contributed by atoms with E-state index in [2.05, 4.69) is 4.74 Å². The molecule has 2 rings (SSSR count). The molecule has 140 valence electrons. The van der Waals surface area contributed by atoms with Crippen LogP contribution >= 0.6 is 0 Å². The van der Waals surface area contributed by atoms with Gasteiger partial charge in [0, 0.05) is 0 Å². The molecule has 0 saturated heterocycles. The molecule has 0 spiro atoms. The summed E-state index contributed by atoms with van der Waals surface area (Å²) >= 11 is 0. The fraction of sp³-hybridized carbons (Fsp3) is 0.0952. The van der Waals surface area contributed by atoms with Gasteiger partial charge in [0.2, 0.25) is 0 Å². The molecule has 0 aromatic heterocycles. The Morgan fingerprint density at radius 2 is 1.41 bits per heavy atom. The van der Waals surface area contributed by atoms with Crippen molar-refractivity contribution in [2.24, 2.45) is 0 Å². The second-order valence-electron chi connectivity index (χ2n) is 5.56. The minimum absolute atomic E-state index is 0.00219. The lowest BCUT2D eigenvalue weighted by atomic mass is 10.1. The summed E-state index contributed by atoms with van der Waals surface area (Å²) in [7, 11) is 0. The van der Waals surface area contributed by atoms with Gasteiger partial charge in [-0.3, -0.25) is 4.79 Å². The lowest BCUT2D eigenvalue weighted by Gasteiger charge is -2.01. The average Bonchev–Trinajstić information content (AvgIpc) is 2.63. The smallest absolute Gasteiger partial charge is 0.344 e. The van der Waals surface area contributed by atoms with Crippen LogP contribution < -0.4 is 4.74 Å². The van der Waals surface area contributed by atoms with E-state index >= 15 is 0 Å². The molecule has 0 unspecified atom stereocenters. The molecule has 0 bridgehead atoms. The van der Waals surface area contributed by atoms with Gasteiger partial charge in [-0.25, -0.2) is 0 Å². The number of ether oxygens (including phenoxy) is 1. The molecular weight excluding hydrogens is 357 g/mol. The van der Waals surface area contributed by atoms with Gasteiger partial charge in [0.15, 0.2) is 0 Å². The molecule has 27 heavy (non-hydrogen) atoms. The fourth-order valence-electron chi connectivity index (χ4n) is 2.20. The molecule has 6 heteroatoms. The van der Waals surface area contributed by atoms with E-state index in [1.165, 1.54) is 12.1 Å². The van der Waals surface area contributed by atoms with Crippen molar-refractivity contribution in [2.75, 3.05) is 0 Å². The third kappa shape index (κ3) is 7.23. The van der Waals surface area contributed by atoms with E-state index in [0.29, 0.717) is 6.42 Å². The zero-order valence-electron chi connectivity index (χ0n) is 14.2. The summed E-state index contributed by atoms with van der Waals surface area (Å²) in [6, 6.07) is 11.4. The third-order valence-electron chi connectivity index (χ3n) is 3.46. The van der Waals surface area contributed by atoms with Crippen LogP contribution in [-0.4, -0.2) is 11.1 Å². The number of hydrogen-bond acceptors (Lipinski definition) is 2. The van der Waals surface area contributed by atoms with Crippen LogP contribution in [0.15, 0.2) is 72.8 Å². The Morgan fingerprint density at radius 1 is 0.889 bits per heavy atom. The fourth-order valence-corrected chi connectivity index (χ4v) is 2.20. The van der Waals surface area contributed by atoms with Crippen LogP contribution in [0.4, 0.5) is 13.2 Å². The lowest BCUT2D eigenvalue weighted by molar-refractivity contribution is -0.136. The molecule has 0 aliphatic rings. The van der Waals surface area contributed by atoms with Crippen molar-refractivity contribution in [1.29, 1.82) is 0 Å². The Labute approximate surface area is 154 Å². The van der Waals surface area contributed by atoms with E-state index in [4.69, 9.17) is 5.11 Å². The third-order valence-corrected chi connectivity index (χ3v) is 3.46. The van der Waals surface area contributed by atoms with Crippen LogP contribution in [0.1, 0.15) is 23.1 Å². The normalized spacial score (nSPS) is 11.1. The number of hydrogen-bond donors (Lipinski definition) is 1. The number of carboxylic acids is 1. The minimum atomic E-state index is -2.50. The first-order valence-electron chi connectivity index (χ1n) is 8.06. The number of carboxylic acid groups (broad SMARTS) is 1. The van der Waals surface area contributed by atoms with Gasteiger partial charge in [-0.15, -0.1) is 0 Å². The quantitative estimate of drug-likeness (QED) is 0.590. The summed E-state index contributed by atoms with van der Waals surface area (Å²) in [5, 5.41) is 8.73.